The zero-order valence-corrected chi connectivity index (χ0v) is 12.2. The third kappa shape index (κ3) is 7.96. The second kappa shape index (κ2) is 10.6. The molecule has 1 aliphatic rings. The van der Waals surface area contributed by atoms with Crippen LogP contribution in [0.25, 0.3) is 0 Å². The largest absolute Gasteiger partial charge is 0.399 e. The molecule has 15 heavy (non-hydrogen) atoms. The van der Waals surface area contributed by atoms with Crippen molar-refractivity contribution in [3.05, 3.63) is 0 Å². The normalized spacial score (nSPS) is 15.8. The summed E-state index contributed by atoms with van der Waals surface area (Å²) in [6.07, 6.45) is 4.32. The van der Waals surface area contributed by atoms with Crippen LogP contribution in [-0.2, 0) is 8.85 Å². The first-order valence-corrected chi connectivity index (χ1v) is 7.27. The Balaban J connectivity index is 0.000000265. The molecular weight excluding hydrogens is 206 g/mol. The van der Waals surface area contributed by atoms with Crippen LogP contribution in [0.5, 0.6) is 0 Å². The first kappa shape index (κ1) is 15.1. The summed E-state index contributed by atoms with van der Waals surface area (Å²) in [6.45, 7) is 8.99. The predicted molar refractivity (Wildman–Crippen MR) is 67.7 cm³/mol. The third-order valence-electron chi connectivity index (χ3n) is 2.77. The van der Waals surface area contributed by atoms with Gasteiger partial charge in [0.2, 0.25) is 0 Å². The minimum atomic E-state index is -0.589. The topological polar surface area (TPSA) is 21.7 Å². The summed E-state index contributed by atoms with van der Waals surface area (Å²) in [4.78, 5) is 2.43. The average molecular weight is 233 g/mol. The summed E-state index contributed by atoms with van der Waals surface area (Å²) < 4.78 is 9.98. The van der Waals surface area contributed by atoms with Gasteiger partial charge >= 0.3 is 10.0 Å². The van der Waals surface area contributed by atoms with E-state index in [-0.39, 0.29) is 0 Å². The van der Waals surface area contributed by atoms with Gasteiger partial charge in [-0.05, 0) is 40.3 Å². The van der Waals surface area contributed by atoms with E-state index in [0.29, 0.717) is 0 Å². The summed E-state index contributed by atoms with van der Waals surface area (Å²) in [5.41, 5.74) is 0. The van der Waals surface area contributed by atoms with Gasteiger partial charge in [0.1, 0.15) is 0 Å². The van der Waals surface area contributed by atoms with Crippen molar-refractivity contribution >= 4 is 10.0 Å². The van der Waals surface area contributed by atoms with Crippen molar-refractivity contribution in [1.82, 2.24) is 4.90 Å². The maximum Gasteiger partial charge on any atom is 0.304 e. The summed E-state index contributed by atoms with van der Waals surface area (Å²) in [6, 6.07) is 0.931. The van der Waals surface area contributed by atoms with E-state index in [9.17, 15) is 0 Å². The molecule has 3 nitrogen and oxygen atoms in total. The minimum Gasteiger partial charge on any atom is -0.399 e. The molecule has 0 amide bonds. The second-order valence-corrected chi connectivity index (χ2v) is 4.81. The highest BCUT2D eigenvalue weighted by Gasteiger charge is 2.19. The molecule has 4 heteroatoms. The molecule has 0 bridgehead atoms. The molecule has 92 valence electrons. The Labute approximate surface area is 97.2 Å². The van der Waals surface area contributed by atoms with Crippen molar-refractivity contribution in [1.29, 1.82) is 0 Å². The molecule has 0 heterocycles. The first-order valence-electron chi connectivity index (χ1n) is 6.11. The molecule has 1 rings (SSSR count). The van der Waals surface area contributed by atoms with E-state index in [1.165, 1.54) is 25.8 Å². The van der Waals surface area contributed by atoms with Crippen LogP contribution in [0, 0.1) is 0 Å². The number of hydrogen-bond acceptors (Lipinski definition) is 3. The first-order chi connectivity index (χ1) is 7.26. The number of nitrogens with zero attached hydrogens (tertiary/aromatic N) is 1. The zero-order chi connectivity index (χ0) is 11.5. The summed E-state index contributed by atoms with van der Waals surface area (Å²) >= 11 is 0. The maximum absolute atomic E-state index is 4.99. The monoisotopic (exact) mass is 233 g/mol. The third-order valence-corrected chi connectivity index (χ3v) is 3.92. The van der Waals surface area contributed by atoms with Crippen molar-refractivity contribution in [2.75, 3.05) is 26.8 Å². The van der Waals surface area contributed by atoms with E-state index < -0.39 is 10.0 Å². The summed E-state index contributed by atoms with van der Waals surface area (Å²) in [5, 5.41) is 0. The molecule has 0 atom stereocenters. The highest BCUT2D eigenvalue weighted by atomic mass is 28.3. The van der Waals surface area contributed by atoms with E-state index in [0.717, 1.165) is 19.3 Å². The van der Waals surface area contributed by atoms with E-state index in [2.05, 4.69) is 18.9 Å². The lowest BCUT2D eigenvalue weighted by Gasteiger charge is -2.33. The van der Waals surface area contributed by atoms with Gasteiger partial charge in [0.05, 0.1) is 0 Å². The Bertz CT molecular complexity index is 125. The van der Waals surface area contributed by atoms with Gasteiger partial charge in [-0.25, -0.2) is 0 Å². The second-order valence-electron chi connectivity index (χ2n) is 3.76. The SMILES string of the molecule is CCN(C)C1CCC1.CCO[SiH2]OCC. The van der Waals surface area contributed by atoms with Gasteiger partial charge in [0.15, 0.2) is 0 Å². The number of rotatable bonds is 6. The van der Waals surface area contributed by atoms with Crippen LogP contribution in [0.4, 0.5) is 0 Å². The molecule has 0 N–H and O–H groups in total. The minimum absolute atomic E-state index is 0.589. The molecular formula is C11H27NO2Si. The summed E-state index contributed by atoms with van der Waals surface area (Å²) in [5.74, 6) is 0. The lowest BCUT2D eigenvalue weighted by atomic mass is 9.92. The van der Waals surface area contributed by atoms with Crippen molar-refractivity contribution in [2.24, 2.45) is 0 Å². The Hall–Kier alpha value is 0.0969. The molecule has 0 radical (unpaired) electrons. The molecule has 0 aromatic carbocycles. The van der Waals surface area contributed by atoms with Crippen LogP contribution in [0.2, 0.25) is 0 Å². The van der Waals surface area contributed by atoms with Gasteiger partial charge in [-0.3, -0.25) is 0 Å². The van der Waals surface area contributed by atoms with E-state index in [1.54, 1.807) is 0 Å². The Morgan fingerprint density at radius 1 is 1.13 bits per heavy atom. The molecule has 1 aliphatic carbocycles. The van der Waals surface area contributed by atoms with Crippen molar-refractivity contribution in [3.8, 4) is 0 Å². The van der Waals surface area contributed by atoms with Gasteiger partial charge in [0.25, 0.3) is 0 Å². The van der Waals surface area contributed by atoms with Crippen LogP contribution in [0.1, 0.15) is 40.0 Å². The molecule has 1 saturated carbocycles. The highest BCUT2D eigenvalue weighted by Crippen LogP contribution is 2.22. The Kier molecular flexibility index (Phi) is 10.7. The van der Waals surface area contributed by atoms with Gasteiger partial charge in [-0.1, -0.05) is 13.3 Å². The summed E-state index contributed by atoms with van der Waals surface area (Å²) in [7, 11) is 1.62. The van der Waals surface area contributed by atoms with Gasteiger partial charge in [-0.2, -0.15) is 0 Å². The lowest BCUT2D eigenvalue weighted by Crippen LogP contribution is -2.36. The Morgan fingerprint density at radius 2 is 1.67 bits per heavy atom. The van der Waals surface area contributed by atoms with Gasteiger partial charge in [-0.15, -0.1) is 0 Å². The fourth-order valence-corrected chi connectivity index (χ4v) is 1.76. The quantitative estimate of drug-likeness (QED) is 0.513. The highest BCUT2D eigenvalue weighted by molar-refractivity contribution is 6.17. The number of hydrogen-bond donors (Lipinski definition) is 0. The van der Waals surface area contributed by atoms with E-state index in [4.69, 9.17) is 8.85 Å². The molecule has 1 fully saturated rings. The fraction of sp³-hybridized carbons (Fsp3) is 1.00. The van der Waals surface area contributed by atoms with Crippen LogP contribution >= 0.6 is 0 Å². The van der Waals surface area contributed by atoms with Crippen LogP contribution < -0.4 is 0 Å². The Morgan fingerprint density at radius 3 is 1.87 bits per heavy atom. The molecule has 0 unspecified atom stereocenters. The molecule has 0 aliphatic heterocycles. The smallest absolute Gasteiger partial charge is 0.304 e. The molecule has 0 aromatic heterocycles. The van der Waals surface area contributed by atoms with E-state index in [1.807, 2.05) is 13.8 Å². The zero-order valence-electron chi connectivity index (χ0n) is 10.8. The van der Waals surface area contributed by atoms with Gasteiger partial charge in [0, 0.05) is 19.3 Å². The van der Waals surface area contributed by atoms with Crippen LogP contribution in [0.3, 0.4) is 0 Å². The van der Waals surface area contributed by atoms with Crippen molar-refractivity contribution in [2.45, 2.75) is 46.1 Å². The predicted octanol–water partition coefficient (Wildman–Crippen LogP) is 1.55. The van der Waals surface area contributed by atoms with Crippen LogP contribution in [0.15, 0.2) is 0 Å². The molecule has 0 saturated heterocycles. The van der Waals surface area contributed by atoms with Gasteiger partial charge < -0.3 is 13.8 Å². The maximum atomic E-state index is 4.99. The lowest BCUT2D eigenvalue weighted by molar-refractivity contribution is 0.167. The average Bonchev–Trinajstić information content (AvgIpc) is 2.17. The molecule has 0 aromatic rings. The molecule has 0 spiro atoms. The van der Waals surface area contributed by atoms with Crippen molar-refractivity contribution in [3.63, 3.8) is 0 Å². The van der Waals surface area contributed by atoms with E-state index >= 15 is 0 Å². The van der Waals surface area contributed by atoms with Crippen LogP contribution in [-0.4, -0.2) is 47.8 Å². The fourth-order valence-electron chi connectivity index (χ4n) is 1.31. The standard InChI is InChI=1S/C7H15N.C4H12O2Si/c1-3-8(2)7-5-4-6-7;1-3-5-7-6-4-2/h7H,3-6H2,1-2H3;3-4,7H2,1-2H3. The van der Waals surface area contributed by atoms with Crippen molar-refractivity contribution < 1.29 is 8.85 Å².